The molecule has 82 valence electrons. The van der Waals surface area contributed by atoms with E-state index in [0.717, 1.165) is 0 Å². The zero-order valence-corrected chi connectivity index (χ0v) is 10.2. The predicted octanol–water partition coefficient (Wildman–Crippen LogP) is 2.76. The van der Waals surface area contributed by atoms with E-state index in [2.05, 4.69) is 15.9 Å². The van der Waals surface area contributed by atoms with Gasteiger partial charge in [-0.1, -0.05) is 15.9 Å². The first-order valence-electron chi connectivity index (χ1n) is 4.70. The number of ether oxygens (including phenoxy) is 1. The van der Waals surface area contributed by atoms with Crippen LogP contribution in [0.2, 0.25) is 0 Å². The number of aromatic hydroxyl groups is 1. The Balaban J connectivity index is 2.97. The second kappa shape index (κ2) is 5.16. The number of carbonyl (C=O) groups excluding carboxylic acids is 1. The number of alkyl halides is 1. The molecule has 1 rings (SSSR count). The summed E-state index contributed by atoms with van der Waals surface area (Å²) >= 11 is 3.17. The summed E-state index contributed by atoms with van der Waals surface area (Å²) in [5, 5.41) is 9.62. The first-order chi connectivity index (χ1) is 7.06. The first-order valence-corrected chi connectivity index (χ1v) is 5.62. The minimum absolute atomic E-state index is 0.0442. The molecule has 15 heavy (non-hydrogen) atoms. The lowest BCUT2D eigenvalue weighted by Gasteiger charge is -2.08. The van der Waals surface area contributed by atoms with Crippen molar-refractivity contribution >= 4 is 21.7 Å². The van der Waals surface area contributed by atoms with Gasteiger partial charge in [0.05, 0.1) is 17.0 Å². The van der Waals surface area contributed by atoms with E-state index in [1.165, 1.54) is 6.07 Å². The van der Waals surface area contributed by atoms with Gasteiger partial charge in [0.1, 0.15) is 11.5 Å². The summed E-state index contributed by atoms with van der Waals surface area (Å²) in [4.78, 5) is 11.3. The highest BCUT2D eigenvalue weighted by molar-refractivity contribution is 9.10. The number of hydrogen-bond donors (Lipinski definition) is 1. The molecular weight excluding hydrogens is 260 g/mol. The van der Waals surface area contributed by atoms with Crippen molar-refractivity contribution in [3.05, 3.63) is 23.8 Å². The van der Waals surface area contributed by atoms with Gasteiger partial charge in [0.25, 0.3) is 0 Å². The molecule has 1 unspecified atom stereocenters. The molecule has 1 N–H and O–H groups in total. The molecule has 0 aliphatic rings. The van der Waals surface area contributed by atoms with Crippen molar-refractivity contribution in [2.45, 2.75) is 18.7 Å². The van der Waals surface area contributed by atoms with Crippen LogP contribution >= 0.6 is 15.9 Å². The predicted molar refractivity (Wildman–Crippen MR) is 62.0 cm³/mol. The van der Waals surface area contributed by atoms with Gasteiger partial charge in [-0.2, -0.15) is 0 Å². The van der Waals surface area contributed by atoms with Crippen LogP contribution in [0.4, 0.5) is 0 Å². The SMILES string of the molecule is CCOc1ccc(C(=O)C(C)Br)c(O)c1. The number of carbonyl (C=O) groups is 1. The van der Waals surface area contributed by atoms with Gasteiger partial charge in [-0.25, -0.2) is 0 Å². The van der Waals surface area contributed by atoms with Gasteiger partial charge < -0.3 is 9.84 Å². The fourth-order valence-corrected chi connectivity index (χ4v) is 1.44. The molecule has 3 nitrogen and oxygen atoms in total. The molecule has 1 aromatic rings. The van der Waals surface area contributed by atoms with Crippen LogP contribution in [0.3, 0.4) is 0 Å². The summed E-state index contributed by atoms with van der Waals surface area (Å²) in [5.41, 5.74) is 0.308. The zero-order chi connectivity index (χ0) is 11.4. The highest BCUT2D eigenvalue weighted by Crippen LogP contribution is 2.25. The van der Waals surface area contributed by atoms with Crippen molar-refractivity contribution < 1.29 is 14.6 Å². The summed E-state index contributed by atoms with van der Waals surface area (Å²) < 4.78 is 5.20. The number of hydrogen-bond acceptors (Lipinski definition) is 3. The quantitative estimate of drug-likeness (QED) is 0.677. The molecule has 0 heterocycles. The first kappa shape index (κ1) is 12.0. The average Bonchev–Trinajstić information content (AvgIpc) is 2.17. The largest absolute Gasteiger partial charge is 0.507 e. The molecule has 0 fully saturated rings. The number of ketones is 1. The Hall–Kier alpha value is -1.03. The summed E-state index contributed by atoms with van der Waals surface area (Å²) in [5.74, 6) is 0.376. The maximum atomic E-state index is 11.6. The summed E-state index contributed by atoms with van der Waals surface area (Å²) in [7, 11) is 0. The third-order valence-electron chi connectivity index (χ3n) is 1.91. The van der Waals surface area contributed by atoms with Crippen molar-refractivity contribution in [3.8, 4) is 11.5 Å². The number of benzene rings is 1. The van der Waals surface area contributed by atoms with E-state index in [4.69, 9.17) is 4.74 Å². The van der Waals surface area contributed by atoms with E-state index in [9.17, 15) is 9.90 Å². The van der Waals surface area contributed by atoms with Crippen molar-refractivity contribution in [3.63, 3.8) is 0 Å². The third kappa shape index (κ3) is 2.96. The minimum Gasteiger partial charge on any atom is -0.507 e. The molecule has 4 heteroatoms. The van der Waals surface area contributed by atoms with Crippen LogP contribution in [-0.2, 0) is 0 Å². The number of Topliss-reactive ketones (excluding diaryl/α,β-unsaturated/α-hetero) is 1. The van der Waals surface area contributed by atoms with Crippen molar-refractivity contribution in [1.82, 2.24) is 0 Å². The maximum absolute atomic E-state index is 11.6. The number of halogens is 1. The fraction of sp³-hybridized carbons (Fsp3) is 0.364. The van der Waals surface area contributed by atoms with E-state index in [-0.39, 0.29) is 16.4 Å². The van der Waals surface area contributed by atoms with Crippen LogP contribution in [0.1, 0.15) is 24.2 Å². The van der Waals surface area contributed by atoms with Crippen molar-refractivity contribution in [1.29, 1.82) is 0 Å². The molecule has 0 aliphatic heterocycles. The fourth-order valence-electron chi connectivity index (χ4n) is 1.19. The molecule has 0 aromatic heterocycles. The van der Waals surface area contributed by atoms with Crippen LogP contribution in [0.15, 0.2) is 18.2 Å². The smallest absolute Gasteiger partial charge is 0.179 e. The summed E-state index contributed by atoms with van der Waals surface area (Å²) in [6.45, 7) is 4.11. The Morgan fingerprint density at radius 2 is 2.27 bits per heavy atom. The van der Waals surface area contributed by atoms with Crippen LogP contribution in [0.5, 0.6) is 11.5 Å². The lowest BCUT2D eigenvalue weighted by atomic mass is 10.1. The van der Waals surface area contributed by atoms with E-state index < -0.39 is 0 Å². The Kier molecular flexibility index (Phi) is 4.15. The normalized spacial score (nSPS) is 12.2. The number of phenols is 1. The second-order valence-corrected chi connectivity index (χ2v) is 4.47. The van der Waals surface area contributed by atoms with Gasteiger partial charge in [-0.3, -0.25) is 4.79 Å². The monoisotopic (exact) mass is 272 g/mol. The van der Waals surface area contributed by atoms with Crippen LogP contribution < -0.4 is 4.74 Å². The van der Waals surface area contributed by atoms with E-state index in [1.54, 1.807) is 19.1 Å². The highest BCUT2D eigenvalue weighted by atomic mass is 79.9. The van der Waals surface area contributed by atoms with E-state index >= 15 is 0 Å². The Labute approximate surface area is 97.2 Å². The lowest BCUT2D eigenvalue weighted by Crippen LogP contribution is -2.10. The Bertz CT molecular complexity index is 361. The van der Waals surface area contributed by atoms with Crippen LogP contribution in [0.25, 0.3) is 0 Å². The topological polar surface area (TPSA) is 46.5 Å². The van der Waals surface area contributed by atoms with Crippen LogP contribution in [0, 0.1) is 0 Å². The van der Waals surface area contributed by atoms with Gasteiger partial charge >= 0.3 is 0 Å². The van der Waals surface area contributed by atoms with E-state index in [0.29, 0.717) is 17.9 Å². The molecule has 0 bridgehead atoms. The highest BCUT2D eigenvalue weighted by Gasteiger charge is 2.16. The van der Waals surface area contributed by atoms with E-state index in [1.807, 2.05) is 6.92 Å². The molecular formula is C11H13BrO3. The molecule has 0 spiro atoms. The van der Waals surface area contributed by atoms with Gasteiger partial charge in [0, 0.05) is 6.07 Å². The lowest BCUT2D eigenvalue weighted by molar-refractivity contribution is 0.0993. The summed E-state index contributed by atoms with van der Waals surface area (Å²) in [6, 6.07) is 4.69. The van der Waals surface area contributed by atoms with Gasteiger partial charge in [-0.05, 0) is 26.0 Å². The minimum atomic E-state index is -0.304. The number of phenolic OH excluding ortho intramolecular Hbond substituents is 1. The van der Waals surface area contributed by atoms with Crippen molar-refractivity contribution in [2.75, 3.05) is 6.61 Å². The van der Waals surface area contributed by atoms with Gasteiger partial charge in [0.2, 0.25) is 0 Å². The van der Waals surface area contributed by atoms with Crippen LogP contribution in [-0.4, -0.2) is 22.3 Å². The molecule has 0 radical (unpaired) electrons. The number of rotatable bonds is 4. The molecule has 0 saturated carbocycles. The molecule has 0 amide bonds. The Morgan fingerprint density at radius 1 is 1.60 bits per heavy atom. The van der Waals surface area contributed by atoms with Crippen molar-refractivity contribution in [2.24, 2.45) is 0 Å². The van der Waals surface area contributed by atoms with Gasteiger partial charge in [-0.15, -0.1) is 0 Å². The third-order valence-corrected chi connectivity index (χ3v) is 2.32. The molecule has 0 saturated heterocycles. The second-order valence-electron chi connectivity index (χ2n) is 3.09. The molecule has 0 aliphatic carbocycles. The average molecular weight is 273 g/mol. The van der Waals surface area contributed by atoms with Gasteiger partial charge in [0.15, 0.2) is 5.78 Å². The molecule has 1 aromatic carbocycles. The zero-order valence-electron chi connectivity index (χ0n) is 8.66. The molecule has 1 atom stereocenters. The Morgan fingerprint density at radius 3 is 2.73 bits per heavy atom. The standard InChI is InChI=1S/C11H13BrO3/c1-3-15-8-4-5-9(10(13)6-8)11(14)7(2)12/h4-7,13H,3H2,1-2H3. The summed E-state index contributed by atoms with van der Waals surface area (Å²) in [6.07, 6.45) is 0. The maximum Gasteiger partial charge on any atom is 0.179 e.